The summed E-state index contributed by atoms with van der Waals surface area (Å²) in [5.41, 5.74) is 0.577. The fourth-order valence-corrected chi connectivity index (χ4v) is 6.41. The highest BCUT2D eigenvalue weighted by Gasteiger charge is 2.42. The van der Waals surface area contributed by atoms with E-state index < -0.39 is 11.7 Å². The lowest BCUT2D eigenvalue weighted by atomic mass is 9.80. The molecule has 0 radical (unpaired) electrons. The molecule has 3 fully saturated rings. The van der Waals surface area contributed by atoms with E-state index in [-0.39, 0.29) is 18.1 Å². The van der Waals surface area contributed by atoms with Crippen LogP contribution in [0.1, 0.15) is 69.5 Å². The minimum Gasteiger partial charge on any atom is -0.453 e. The lowest BCUT2D eigenvalue weighted by Gasteiger charge is -2.39. The molecule has 1 aliphatic carbocycles. The van der Waals surface area contributed by atoms with Crippen LogP contribution in [-0.4, -0.2) is 69.1 Å². The molecule has 3 aliphatic rings. The molecule has 2 aliphatic heterocycles. The number of piperidine rings is 1. The van der Waals surface area contributed by atoms with Gasteiger partial charge in [-0.1, -0.05) is 55.8 Å². The second-order valence-electron chi connectivity index (χ2n) is 10.8. The summed E-state index contributed by atoms with van der Waals surface area (Å²) in [7, 11) is 1.33. The van der Waals surface area contributed by atoms with Crippen molar-refractivity contribution in [2.24, 2.45) is 11.8 Å². The van der Waals surface area contributed by atoms with Gasteiger partial charge in [-0.25, -0.2) is 9.59 Å². The van der Waals surface area contributed by atoms with Gasteiger partial charge in [-0.3, -0.25) is 0 Å². The Hall–Kier alpha value is -2.03. The van der Waals surface area contributed by atoms with E-state index in [0.29, 0.717) is 37.2 Å². The highest BCUT2D eigenvalue weighted by Crippen LogP contribution is 2.37. The van der Waals surface area contributed by atoms with E-state index in [1.807, 2.05) is 29.2 Å². The monoisotopic (exact) mass is 535 g/mol. The SMILES string of the molecule is COC(=O)NCCOC(c1cccc(Cl)c1)C1CCCN(C(=O)O[C@@]2(CC3CCCCC3)CCNC2)C1. The Bertz CT molecular complexity index is 888. The van der Waals surface area contributed by atoms with Gasteiger partial charge >= 0.3 is 12.2 Å². The lowest BCUT2D eigenvalue weighted by molar-refractivity contribution is -0.0387. The Kier molecular flexibility index (Phi) is 10.3. The number of hydrogen-bond acceptors (Lipinski definition) is 6. The number of alkyl carbamates (subject to hydrolysis) is 1. The zero-order valence-corrected chi connectivity index (χ0v) is 22.8. The van der Waals surface area contributed by atoms with Crippen LogP contribution in [0.4, 0.5) is 9.59 Å². The molecule has 0 aromatic heterocycles. The predicted octanol–water partition coefficient (Wildman–Crippen LogP) is 5.30. The maximum absolute atomic E-state index is 13.5. The molecule has 2 heterocycles. The normalized spacial score (nSPS) is 25.5. The van der Waals surface area contributed by atoms with Crippen LogP contribution in [0, 0.1) is 11.8 Å². The Morgan fingerprint density at radius 3 is 2.78 bits per heavy atom. The highest BCUT2D eigenvalue weighted by atomic mass is 35.5. The average Bonchev–Trinajstić information content (AvgIpc) is 3.36. The number of nitrogens with zero attached hydrogens (tertiary/aromatic N) is 1. The van der Waals surface area contributed by atoms with Crippen molar-refractivity contribution in [1.82, 2.24) is 15.5 Å². The molecule has 2 saturated heterocycles. The van der Waals surface area contributed by atoms with Crippen LogP contribution in [0.5, 0.6) is 0 Å². The van der Waals surface area contributed by atoms with Gasteiger partial charge in [0.15, 0.2) is 0 Å². The van der Waals surface area contributed by atoms with Crippen LogP contribution in [0.25, 0.3) is 0 Å². The van der Waals surface area contributed by atoms with E-state index in [2.05, 4.69) is 15.4 Å². The van der Waals surface area contributed by atoms with Crippen molar-refractivity contribution in [3.63, 3.8) is 0 Å². The maximum Gasteiger partial charge on any atom is 0.410 e. The number of rotatable bonds is 9. The second kappa shape index (κ2) is 13.7. The molecule has 9 heteroatoms. The molecule has 3 atom stereocenters. The van der Waals surface area contributed by atoms with Gasteiger partial charge in [-0.15, -0.1) is 0 Å². The molecule has 2 amide bonds. The highest BCUT2D eigenvalue weighted by molar-refractivity contribution is 6.30. The smallest absolute Gasteiger partial charge is 0.410 e. The minimum atomic E-state index is -0.488. The number of benzene rings is 1. The van der Waals surface area contributed by atoms with Gasteiger partial charge in [-0.05, 0) is 49.4 Å². The molecule has 4 rings (SSSR count). The Morgan fingerprint density at radius 1 is 1.22 bits per heavy atom. The first-order valence-electron chi connectivity index (χ1n) is 13.9. The Labute approximate surface area is 225 Å². The zero-order chi connectivity index (χ0) is 26.1. The van der Waals surface area contributed by atoms with Crippen LogP contribution in [0.2, 0.25) is 5.02 Å². The van der Waals surface area contributed by atoms with Gasteiger partial charge < -0.3 is 29.7 Å². The summed E-state index contributed by atoms with van der Waals surface area (Å²) in [4.78, 5) is 26.8. The number of nitrogens with one attached hydrogen (secondary N) is 2. The van der Waals surface area contributed by atoms with Gasteiger partial charge in [0.1, 0.15) is 5.60 Å². The molecule has 8 nitrogen and oxygen atoms in total. The van der Waals surface area contributed by atoms with Crippen molar-refractivity contribution >= 4 is 23.8 Å². The number of hydrogen-bond donors (Lipinski definition) is 2. The summed E-state index contributed by atoms with van der Waals surface area (Å²) in [5, 5.41) is 6.74. The van der Waals surface area contributed by atoms with Crippen molar-refractivity contribution in [3.05, 3.63) is 34.9 Å². The lowest BCUT2D eigenvalue weighted by Crippen LogP contribution is -2.48. The zero-order valence-electron chi connectivity index (χ0n) is 22.0. The number of amides is 2. The molecular weight excluding hydrogens is 494 g/mol. The first-order chi connectivity index (χ1) is 18.0. The molecule has 2 N–H and O–H groups in total. The first-order valence-corrected chi connectivity index (χ1v) is 14.2. The van der Waals surface area contributed by atoms with Crippen LogP contribution in [0.3, 0.4) is 0 Å². The maximum atomic E-state index is 13.5. The molecule has 1 saturated carbocycles. The molecule has 1 aromatic carbocycles. The summed E-state index contributed by atoms with van der Waals surface area (Å²) in [6, 6.07) is 7.68. The van der Waals surface area contributed by atoms with E-state index in [1.54, 1.807) is 0 Å². The average molecular weight is 536 g/mol. The second-order valence-corrected chi connectivity index (χ2v) is 11.2. The van der Waals surface area contributed by atoms with Crippen LogP contribution in [0.15, 0.2) is 24.3 Å². The number of carbonyl (C=O) groups is 2. The molecule has 37 heavy (non-hydrogen) atoms. The van der Waals surface area contributed by atoms with Gasteiger partial charge in [-0.2, -0.15) is 0 Å². The quantitative estimate of drug-likeness (QED) is 0.417. The fraction of sp³-hybridized carbons (Fsp3) is 0.714. The summed E-state index contributed by atoms with van der Waals surface area (Å²) >= 11 is 6.30. The largest absolute Gasteiger partial charge is 0.453 e. The first kappa shape index (κ1) is 28.0. The van der Waals surface area contributed by atoms with E-state index in [1.165, 1.54) is 39.2 Å². The van der Waals surface area contributed by atoms with Crippen LogP contribution in [-0.2, 0) is 14.2 Å². The third kappa shape index (κ3) is 7.98. The van der Waals surface area contributed by atoms with Gasteiger partial charge in [0.05, 0.1) is 19.8 Å². The predicted molar refractivity (Wildman–Crippen MR) is 143 cm³/mol. The minimum absolute atomic E-state index is 0.0916. The summed E-state index contributed by atoms with van der Waals surface area (Å²) in [6.07, 6.45) is 9.10. The van der Waals surface area contributed by atoms with Crippen molar-refractivity contribution in [3.8, 4) is 0 Å². The topological polar surface area (TPSA) is 89.1 Å². The van der Waals surface area contributed by atoms with Crippen molar-refractivity contribution in [1.29, 1.82) is 0 Å². The summed E-state index contributed by atoms with van der Waals surface area (Å²) < 4.78 is 17.3. The van der Waals surface area contributed by atoms with Gasteiger partial charge in [0, 0.05) is 43.5 Å². The van der Waals surface area contributed by atoms with Crippen molar-refractivity contribution in [2.75, 3.05) is 46.4 Å². The molecule has 0 bridgehead atoms. The van der Waals surface area contributed by atoms with Gasteiger partial charge in [0.2, 0.25) is 0 Å². The molecule has 2 unspecified atom stereocenters. The molecule has 1 aromatic rings. The van der Waals surface area contributed by atoms with Crippen LogP contribution < -0.4 is 10.6 Å². The molecule has 206 valence electrons. The summed E-state index contributed by atoms with van der Waals surface area (Å²) in [5.74, 6) is 0.739. The third-order valence-corrected chi connectivity index (χ3v) is 8.30. The number of halogens is 1. The van der Waals surface area contributed by atoms with E-state index in [4.69, 9.17) is 21.1 Å². The number of likely N-dealkylation sites (tertiary alicyclic amines) is 1. The fourth-order valence-electron chi connectivity index (χ4n) is 6.21. The standard InChI is InChI=1S/C28H42ClN3O5/c1-35-26(33)31-14-16-36-25(22-9-5-11-24(29)17-22)23-10-6-15-32(19-23)27(34)37-28(12-13-30-20-28)18-21-7-3-2-4-8-21/h5,9,11,17,21,23,25,30H,2-4,6-8,10,12-16,18-20H2,1H3,(H,31,33)/t23?,25?,28-/m1/s1. The van der Waals surface area contributed by atoms with E-state index >= 15 is 0 Å². The van der Waals surface area contributed by atoms with E-state index in [0.717, 1.165) is 44.3 Å². The third-order valence-electron chi connectivity index (χ3n) is 8.07. The van der Waals surface area contributed by atoms with Gasteiger partial charge in [0.25, 0.3) is 0 Å². The number of carbonyl (C=O) groups excluding carboxylic acids is 2. The van der Waals surface area contributed by atoms with E-state index in [9.17, 15) is 9.59 Å². The van der Waals surface area contributed by atoms with Crippen LogP contribution >= 0.6 is 11.6 Å². The number of methoxy groups -OCH3 is 1. The summed E-state index contributed by atoms with van der Waals surface area (Å²) in [6.45, 7) is 3.55. The number of ether oxygens (including phenoxy) is 3. The Balaban J connectivity index is 1.40. The molecule has 0 spiro atoms. The molecular formula is C28H42ClN3O5. The van der Waals surface area contributed by atoms with Crippen molar-refractivity contribution in [2.45, 2.75) is 69.5 Å². The van der Waals surface area contributed by atoms with Crippen molar-refractivity contribution < 1.29 is 23.8 Å². The Morgan fingerprint density at radius 2 is 2.05 bits per heavy atom.